The molecule has 94 valence electrons. The highest BCUT2D eigenvalue weighted by Gasteiger charge is 2.31. The maximum Gasteiger partial charge on any atom is 0.304 e. The molecule has 3 N–H and O–H groups in total. The number of nitrogens with two attached hydrogens (primary N) is 1. The number of hydrogen-bond donors (Lipinski definition) is 2. The molecule has 3 heteroatoms. The van der Waals surface area contributed by atoms with Gasteiger partial charge in [0.15, 0.2) is 0 Å². The van der Waals surface area contributed by atoms with E-state index in [4.69, 9.17) is 10.8 Å². The first-order valence-corrected chi connectivity index (χ1v) is 5.80. The van der Waals surface area contributed by atoms with Crippen molar-refractivity contribution in [1.29, 1.82) is 0 Å². The summed E-state index contributed by atoms with van der Waals surface area (Å²) < 4.78 is 0. The monoisotopic (exact) mass is 235 g/mol. The molecule has 0 aromatic heterocycles. The van der Waals surface area contributed by atoms with Gasteiger partial charge >= 0.3 is 5.97 Å². The first kappa shape index (κ1) is 13.7. The molecular weight excluding hydrogens is 214 g/mol. The van der Waals surface area contributed by atoms with E-state index in [1.807, 2.05) is 27.7 Å². The van der Waals surface area contributed by atoms with Crippen LogP contribution < -0.4 is 5.73 Å². The van der Waals surface area contributed by atoms with Gasteiger partial charge in [0.25, 0.3) is 0 Å². The van der Waals surface area contributed by atoms with Gasteiger partial charge in [-0.1, -0.05) is 24.6 Å². The van der Waals surface area contributed by atoms with Crippen LogP contribution in [-0.2, 0) is 10.2 Å². The van der Waals surface area contributed by atoms with Crippen molar-refractivity contribution in [3.63, 3.8) is 0 Å². The first-order chi connectivity index (χ1) is 7.80. The van der Waals surface area contributed by atoms with Crippen LogP contribution in [0.2, 0.25) is 0 Å². The highest BCUT2D eigenvalue weighted by Crippen LogP contribution is 2.32. The Labute approximate surface area is 103 Å². The Kier molecular flexibility index (Phi) is 3.94. The number of hydrogen-bond acceptors (Lipinski definition) is 2. The van der Waals surface area contributed by atoms with E-state index in [1.54, 1.807) is 0 Å². The zero-order valence-electron chi connectivity index (χ0n) is 11.0. The summed E-state index contributed by atoms with van der Waals surface area (Å²) in [5.74, 6) is -0.808. The smallest absolute Gasteiger partial charge is 0.304 e. The summed E-state index contributed by atoms with van der Waals surface area (Å²) in [6.07, 6.45) is 0.0637. The van der Waals surface area contributed by atoms with E-state index in [0.717, 1.165) is 16.7 Å². The van der Waals surface area contributed by atoms with E-state index < -0.39 is 11.4 Å². The van der Waals surface area contributed by atoms with Crippen LogP contribution in [0.25, 0.3) is 0 Å². The van der Waals surface area contributed by atoms with Crippen LogP contribution in [0, 0.1) is 20.8 Å². The molecule has 0 aliphatic carbocycles. The highest BCUT2D eigenvalue weighted by atomic mass is 16.4. The van der Waals surface area contributed by atoms with Gasteiger partial charge in [-0.25, -0.2) is 0 Å². The minimum atomic E-state index is -0.808. The minimum absolute atomic E-state index is 0.0637. The van der Waals surface area contributed by atoms with Crippen molar-refractivity contribution in [1.82, 2.24) is 0 Å². The fourth-order valence-corrected chi connectivity index (χ4v) is 2.73. The quantitative estimate of drug-likeness (QED) is 0.841. The topological polar surface area (TPSA) is 63.3 Å². The van der Waals surface area contributed by atoms with Crippen LogP contribution in [0.4, 0.5) is 0 Å². The largest absolute Gasteiger partial charge is 0.481 e. The van der Waals surface area contributed by atoms with Crippen LogP contribution >= 0.6 is 0 Å². The van der Waals surface area contributed by atoms with Crippen molar-refractivity contribution in [2.24, 2.45) is 5.73 Å². The molecule has 1 aromatic rings. The molecule has 0 saturated heterocycles. The van der Waals surface area contributed by atoms with Crippen LogP contribution in [0.5, 0.6) is 0 Å². The van der Waals surface area contributed by atoms with Crippen molar-refractivity contribution < 1.29 is 9.90 Å². The molecule has 1 unspecified atom stereocenters. The van der Waals surface area contributed by atoms with E-state index in [0.29, 0.717) is 6.54 Å². The molecule has 1 rings (SSSR count). The molecule has 17 heavy (non-hydrogen) atoms. The molecule has 0 aliphatic heterocycles. The second-order valence-electron chi connectivity index (χ2n) is 5.11. The number of aryl methyl sites for hydroxylation is 3. The van der Waals surface area contributed by atoms with Crippen molar-refractivity contribution >= 4 is 5.97 Å². The fraction of sp³-hybridized carbons (Fsp3) is 0.500. The normalized spacial score (nSPS) is 14.4. The number of aliphatic carboxylic acids is 1. The summed E-state index contributed by atoms with van der Waals surface area (Å²) in [4.78, 5) is 11.0. The molecule has 0 fully saturated rings. The summed E-state index contributed by atoms with van der Waals surface area (Å²) in [6, 6.07) is 4.16. The number of benzene rings is 1. The third-order valence-electron chi connectivity index (χ3n) is 3.27. The van der Waals surface area contributed by atoms with E-state index in [9.17, 15) is 4.79 Å². The zero-order chi connectivity index (χ0) is 13.2. The Morgan fingerprint density at radius 3 is 2.12 bits per heavy atom. The summed E-state index contributed by atoms with van der Waals surface area (Å²) in [5, 5.41) is 9.02. The van der Waals surface area contributed by atoms with Crippen molar-refractivity contribution in [3.8, 4) is 0 Å². The van der Waals surface area contributed by atoms with E-state index >= 15 is 0 Å². The predicted molar refractivity (Wildman–Crippen MR) is 69.3 cm³/mol. The lowest BCUT2D eigenvalue weighted by atomic mass is 9.75. The van der Waals surface area contributed by atoms with Gasteiger partial charge in [0.1, 0.15) is 0 Å². The molecule has 0 amide bonds. The molecule has 0 radical (unpaired) electrons. The van der Waals surface area contributed by atoms with Crippen molar-refractivity contribution in [2.75, 3.05) is 6.54 Å². The minimum Gasteiger partial charge on any atom is -0.481 e. The van der Waals surface area contributed by atoms with Crippen LogP contribution in [-0.4, -0.2) is 17.6 Å². The SMILES string of the molecule is Cc1cc(C)c(C(C)(CN)CC(=O)O)c(C)c1. The molecule has 3 nitrogen and oxygen atoms in total. The Balaban J connectivity index is 3.34. The van der Waals surface area contributed by atoms with Gasteiger partial charge in [-0.15, -0.1) is 0 Å². The maximum absolute atomic E-state index is 11.0. The van der Waals surface area contributed by atoms with Gasteiger partial charge in [0.2, 0.25) is 0 Å². The van der Waals surface area contributed by atoms with Gasteiger partial charge in [-0.05, 0) is 37.5 Å². The Morgan fingerprint density at radius 2 is 1.76 bits per heavy atom. The van der Waals surface area contributed by atoms with Gasteiger partial charge in [0.05, 0.1) is 6.42 Å². The summed E-state index contributed by atoms with van der Waals surface area (Å²) >= 11 is 0. The number of carbonyl (C=O) groups is 1. The number of rotatable bonds is 4. The number of carboxylic acid groups (broad SMARTS) is 1. The molecule has 0 aliphatic rings. The third kappa shape index (κ3) is 2.86. The number of carboxylic acids is 1. The maximum atomic E-state index is 11.0. The van der Waals surface area contributed by atoms with Gasteiger partial charge in [0, 0.05) is 12.0 Å². The zero-order valence-corrected chi connectivity index (χ0v) is 11.0. The van der Waals surface area contributed by atoms with Crippen molar-refractivity contribution in [3.05, 3.63) is 34.4 Å². The highest BCUT2D eigenvalue weighted by molar-refractivity contribution is 5.69. The van der Waals surface area contributed by atoms with Gasteiger partial charge < -0.3 is 10.8 Å². The standard InChI is InChI=1S/C14H21NO2/c1-9-5-10(2)13(11(3)6-9)14(4,8-15)7-12(16)17/h5-6H,7-8,15H2,1-4H3,(H,16,17). The van der Waals surface area contributed by atoms with Gasteiger partial charge in [-0.2, -0.15) is 0 Å². The molecule has 0 heterocycles. The fourth-order valence-electron chi connectivity index (χ4n) is 2.73. The van der Waals surface area contributed by atoms with Gasteiger partial charge in [-0.3, -0.25) is 4.79 Å². The van der Waals surface area contributed by atoms with E-state index in [-0.39, 0.29) is 6.42 Å². The molecule has 0 spiro atoms. The van der Waals surface area contributed by atoms with Crippen LogP contribution in [0.3, 0.4) is 0 Å². The lowest BCUT2D eigenvalue weighted by Crippen LogP contribution is -2.35. The lowest BCUT2D eigenvalue weighted by molar-refractivity contribution is -0.138. The third-order valence-corrected chi connectivity index (χ3v) is 3.27. The summed E-state index contributed by atoms with van der Waals surface area (Å²) in [7, 11) is 0. The molecule has 0 bridgehead atoms. The molecular formula is C14H21NO2. The van der Waals surface area contributed by atoms with E-state index in [1.165, 1.54) is 5.56 Å². The Bertz CT molecular complexity index is 417. The summed E-state index contributed by atoms with van der Waals surface area (Å²) in [5.41, 5.74) is 9.82. The first-order valence-electron chi connectivity index (χ1n) is 5.80. The molecule has 1 aromatic carbocycles. The average molecular weight is 235 g/mol. The summed E-state index contributed by atoms with van der Waals surface area (Å²) in [6.45, 7) is 8.34. The Hall–Kier alpha value is -1.35. The predicted octanol–water partition coefficient (Wildman–Crippen LogP) is 2.30. The van der Waals surface area contributed by atoms with Crippen LogP contribution in [0.1, 0.15) is 35.6 Å². The molecule has 1 atom stereocenters. The lowest BCUT2D eigenvalue weighted by Gasteiger charge is -2.30. The van der Waals surface area contributed by atoms with Crippen molar-refractivity contribution in [2.45, 2.75) is 39.5 Å². The second kappa shape index (κ2) is 4.88. The van der Waals surface area contributed by atoms with Crippen LogP contribution in [0.15, 0.2) is 12.1 Å². The average Bonchev–Trinajstić information content (AvgIpc) is 2.14. The second-order valence-corrected chi connectivity index (χ2v) is 5.11. The Morgan fingerprint density at radius 1 is 1.29 bits per heavy atom. The van der Waals surface area contributed by atoms with E-state index in [2.05, 4.69) is 12.1 Å². The molecule has 0 saturated carbocycles.